The van der Waals surface area contributed by atoms with Crippen molar-refractivity contribution >= 4 is 23.4 Å². The summed E-state index contributed by atoms with van der Waals surface area (Å²) in [5, 5.41) is 11.9. The van der Waals surface area contributed by atoms with E-state index in [1.54, 1.807) is 19.1 Å². The molecule has 7 heteroatoms. The topological polar surface area (TPSA) is 99.1 Å². The summed E-state index contributed by atoms with van der Waals surface area (Å²) < 4.78 is 21.0. The Hall–Kier alpha value is -3.71. The molecule has 7 nitrogen and oxygen atoms in total. The number of carbonyl (C=O) groups excluding carboxylic acids is 3. The number of phenols is 1. The number of hydrogen-bond donors (Lipinski definition) is 1. The number of Topliss-reactive ketones (excluding diaryl/α,β-unsaturated/α-hetero) is 3. The van der Waals surface area contributed by atoms with Gasteiger partial charge < -0.3 is 19.3 Å². The molecule has 0 aromatic heterocycles. The molecule has 1 saturated carbocycles. The molecule has 7 rings (SSSR count). The van der Waals surface area contributed by atoms with Crippen LogP contribution in [0.1, 0.15) is 123 Å². The minimum Gasteiger partial charge on any atom is -0.506 e. The molecule has 2 fully saturated rings. The van der Waals surface area contributed by atoms with Crippen molar-refractivity contribution in [3.63, 3.8) is 0 Å². The molecule has 0 radical (unpaired) electrons. The number of fused-ring (bicyclic) bond motifs is 2. The first kappa shape index (κ1) is 35.1. The molecule has 1 aromatic carbocycles. The molecule has 262 valence electrons. The van der Waals surface area contributed by atoms with Gasteiger partial charge in [-0.1, -0.05) is 56.2 Å². The zero-order chi connectivity index (χ0) is 36.1. The van der Waals surface area contributed by atoms with E-state index in [-0.39, 0.29) is 46.8 Å². The number of rotatable bonds is 8. The van der Waals surface area contributed by atoms with Gasteiger partial charge in [-0.2, -0.15) is 0 Å². The monoisotopic (exact) mass is 668 g/mol. The van der Waals surface area contributed by atoms with E-state index in [0.717, 1.165) is 12.0 Å². The Morgan fingerprint density at radius 3 is 2.29 bits per heavy atom. The first-order valence-electron chi connectivity index (χ1n) is 17.7. The Balaban J connectivity index is 1.57. The van der Waals surface area contributed by atoms with Crippen LogP contribution in [0.2, 0.25) is 0 Å². The zero-order valence-corrected chi connectivity index (χ0v) is 31.1. The average molecular weight is 669 g/mol. The highest BCUT2D eigenvalue weighted by molar-refractivity contribution is 6.19. The van der Waals surface area contributed by atoms with E-state index in [9.17, 15) is 19.5 Å². The third kappa shape index (κ3) is 5.21. The predicted octanol–water partition coefficient (Wildman–Crippen LogP) is 8.77. The lowest BCUT2D eigenvalue weighted by atomic mass is 9.51. The maximum atomic E-state index is 14.9. The molecule has 3 heterocycles. The lowest BCUT2D eigenvalue weighted by Gasteiger charge is -2.56. The molecule has 4 bridgehead atoms. The second kappa shape index (κ2) is 11.4. The standard InChI is InChI=1S/C42H52O7/c1-23(2)13-12-18-40(11)19-17-27-32(43)31-33(44)29-21-26-22-30-39(9,10)49-41(37(26)46,20-16-25(5)36(45)38(6,7)8)42(29,30)48-35(31)28(34(27)47-40)15-14-24(3)4/h13-14,16-17,19,21,26,30,43H,12,15,18,20,22H2,1-11H3/b25-16-/t26-,30+,40-,41+,42-/m1/s1. The third-order valence-corrected chi connectivity index (χ3v) is 11.2. The largest absolute Gasteiger partial charge is 0.506 e. The molecule has 1 aromatic rings. The van der Waals surface area contributed by atoms with Crippen molar-refractivity contribution < 1.29 is 33.7 Å². The van der Waals surface area contributed by atoms with Gasteiger partial charge >= 0.3 is 0 Å². The molecular weight excluding hydrogens is 616 g/mol. The van der Waals surface area contributed by atoms with Crippen molar-refractivity contribution in [1.82, 2.24) is 0 Å². The van der Waals surface area contributed by atoms with Crippen LogP contribution in [0.4, 0.5) is 0 Å². The highest BCUT2D eigenvalue weighted by atomic mass is 16.6. The van der Waals surface area contributed by atoms with Crippen LogP contribution in [-0.4, -0.2) is 44.9 Å². The van der Waals surface area contributed by atoms with E-state index in [2.05, 4.69) is 26.0 Å². The first-order valence-corrected chi connectivity index (χ1v) is 17.7. The number of benzene rings is 1. The molecule has 1 saturated heterocycles. The van der Waals surface area contributed by atoms with Crippen molar-refractivity contribution in [2.75, 3.05) is 0 Å². The Bertz CT molecular complexity index is 1820. The SMILES string of the molecule is CC(C)=CCC[C@]1(C)C=Cc2c(O)c3c(c(CC=C(C)C)c2O1)O[C@]12C(=C[C@@H]4C[C@H]1C(C)(C)O[C@@]2(C/C=C(/C)C(=O)C(C)(C)C)C4=O)C3=O. The first-order chi connectivity index (χ1) is 22.7. The van der Waals surface area contributed by atoms with Gasteiger partial charge in [-0.25, -0.2) is 0 Å². The van der Waals surface area contributed by atoms with Crippen molar-refractivity contribution in [2.45, 2.75) is 131 Å². The molecule has 49 heavy (non-hydrogen) atoms. The number of ether oxygens (including phenoxy) is 3. The maximum Gasteiger partial charge on any atom is 0.200 e. The number of ketones is 3. The summed E-state index contributed by atoms with van der Waals surface area (Å²) in [5.74, 6) is -0.857. The van der Waals surface area contributed by atoms with Crippen LogP contribution in [0.5, 0.6) is 17.2 Å². The average Bonchev–Trinajstić information content (AvgIpc) is 3.15. The van der Waals surface area contributed by atoms with E-state index >= 15 is 0 Å². The van der Waals surface area contributed by atoms with Crippen molar-refractivity contribution in [3.8, 4) is 17.2 Å². The quantitative estimate of drug-likeness (QED) is 0.218. The minimum atomic E-state index is -1.54. The van der Waals surface area contributed by atoms with Crippen LogP contribution in [0, 0.1) is 17.3 Å². The second-order valence-corrected chi connectivity index (χ2v) is 17.0. The van der Waals surface area contributed by atoms with Gasteiger partial charge in [0.2, 0.25) is 0 Å². The smallest absolute Gasteiger partial charge is 0.200 e. The maximum absolute atomic E-state index is 14.9. The number of aromatic hydroxyl groups is 1. The van der Waals surface area contributed by atoms with Gasteiger partial charge in [0.25, 0.3) is 0 Å². The van der Waals surface area contributed by atoms with Gasteiger partial charge in [0.05, 0.1) is 11.2 Å². The Labute approximate surface area is 291 Å². The summed E-state index contributed by atoms with van der Waals surface area (Å²) in [7, 11) is 0. The van der Waals surface area contributed by atoms with Gasteiger partial charge in [0.1, 0.15) is 28.4 Å². The van der Waals surface area contributed by atoms with Crippen molar-refractivity contribution in [3.05, 3.63) is 69.4 Å². The summed E-state index contributed by atoms with van der Waals surface area (Å²) in [4.78, 5) is 42.7. The lowest BCUT2D eigenvalue weighted by molar-refractivity contribution is -0.171. The van der Waals surface area contributed by atoms with E-state index in [1.165, 1.54) is 5.57 Å². The fourth-order valence-corrected chi connectivity index (χ4v) is 8.77. The molecule has 6 aliphatic rings. The summed E-state index contributed by atoms with van der Waals surface area (Å²) in [6.45, 7) is 21.5. The van der Waals surface area contributed by atoms with Gasteiger partial charge in [0, 0.05) is 34.8 Å². The summed E-state index contributed by atoms with van der Waals surface area (Å²) in [5.41, 5.74) is -0.673. The molecule has 1 N–H and O–H groups in total. The number of allylic oxidation sites excluding steroid dienone is 6. The van der Waals surface area contributed by atoms with E-state index in [0.29, 0.717) is 47.3 Å². The van der Waals surface area contributed by atoms with E-state index in [4.69, 9.17) is 14.2 Å². The predicted molar refractivity (Wildman–Crippen MR) is 191 cm³/mol. The Kier molecular flexibility index (Phi) is 8.18. The van der Waals surface area contributed by atoms with Gasteiger partial charge in [-0.05, 0) is 98.8 Å². The summed E-state index contributed by atoms with van der Waals surface area (Å²) >= 11 is 0. The van der Waals surface area contributed by atoms with Crippen LogP contribution in [0.25, 0.3) is 6.08 Å². The van der Waals surface area contributed by atoms with Crippen LogP contribution >= 0.6 is 0 Å². The van der Waals surface area contributed by atoms with Crippen LogP contribution in [0.3, 0.4) is 0 Å². The zero-order valence-electron chi connectivity index (χ0n) is 31.1. The molecule has 0 unspecified atom stereocenters. The summed E-state index contributed by atoms with van der Waals surface area (Å²) in [6.07, 6.45) is 14.1. The fraction of sp³-hybridized carbons (Fsp3) is 0.548. The molecule has 5 atom stereocenters. The second-order valence-electron chi connectivity index (χ2n) is 17.0. The Morgan fingerprint density at radius 2 is 1.65 bits per heavy atom. The fourth-order valence-electron chi connectivity index (χ4n) is 8.77. The van der Waals surface area contributed by atoms with Crippen molar-refractivity contribution in [1.29, 1.82) is 0 Å². The third-order valence-electron chi connectivity index (χ3n) is 11.2. The van der Waals surface area contributed by atoms with Gasteiger partial charge in [-0.3, -0.25) is 14.4 Å². The van der Waals surface area contributed by atoms with E-state index in [1.807, 2.05) is 67.5 Å². The van der Waals surface area contributed by atoms with Gasteiger partial charge in [-0.15, -0.1) is 0 Å². The van der Waals surface area contributed by atoms with Crippen LogP contribution in [-0.2, 0) is 20.7 Å². The number of phenolic OH excluding ortho intramolecular Hbond substituents is 1. The Morgan fingerprint density at radius 1 is 0.980 bits per heavy atom. The van der Waals surface area contributed by atoms with E-state index < -0.39 is 33.7 Å². The van der Waals surface area contributed by atoms with Gasteiger partial charge in [0.15, 0.2) is 28.6 Å². The lowest BCUT2D eigenvalue weighted by Crippen LogP contribution is -2.72. The number of hydrogen-bond acceptors (Lipinski definition) is 7. The van der Waals surface area contributed by atoms with Crippen LogP contribution < -0.4 is 9.47 Å². The normalized spacial score (nSPS) is 30.4. The highest BCUT2D eigenvalue weighted by Crippen LogP contribution is 2.68. The molecule has 3 aliphatic heterocycles. The van der Waals surface area contributed by atoms with Crippen molar-refractivity contribution in [2.24, 2.45) is 17.3 Å². The summed E-state index contributed by atoms with van der Waals surface area (Å²) in [6, 6.07) is 0. The molecule has 3 aliphatic carbocycles. The van der Waals surface area contributed by atoms with Crippen LogP contribution in [0.15, 0.2) is 52.7 Å². The number of carbonyl (C=O) groups is 3. The molecule has 1 spiro atoms. The molecule has 0 amide bonds. The highest BCUT2D eigenvalue weighted by Gasteiger charge is 2.81. The minimum absolute atomic E-state index is 0.0243. The molecular formula is C42H52O7.